The summed E-state index contributed by atoms with van der Waals surface area (Å²) in [6.07, 6.45) is 3.06. The molecule has 0 unspecified atom stereocenters. The fourth-order valence-electron chi connectivity index (χ4n) is 3.47. The van der Waals surface area contributed by atoms with E-state index >= 15 is 0 Å². The van der Waals surface area contributed by atoms with Crippen molar-refractivity contribution >= 4 is 35.2 Å². The number of rotatable bonds is 4. The van der Waals surface area contributed by atoms with E-state index in [1.807, 2.05) is 24.5 Å². The highest BCUT2D eigenvalue weighted by atomic mass is 32.1. The molecule has 30 heavy (non-hydrogen) atoms. The van der Waals surface area contributed by atoms with E-state index in [0.29, 0.717) is 11.3 Å². The number of carbonyl (C=O) groups is 2. The molecule has 3 aromatic rings. The average Bonchev–Trinajstić information content (AvgIpc) is 3.31. The van der Waals surface area contributed by atoms with Gasteiger partial charge in [0.1, 0.15) is 17.2 Å². The Bertz CT molecular complexity index is 1180. The number of aryl methyl sites for hydroxylation is 1. The lowest BCUT2D eigenvalue weighted by atomic mass is 10.1. The van der Waals surface area contributed by atoms with Crippen molar-refractivity contribution < 1.29 is 18.4 Å². The zero-order valence-corrected chi connectivity index (χ0v) is 17.1. The molecule has 6 nitrogen and oxygen atoms in total. The maximum atomic E-state index is 13.3. The Kier molecular flexibility index (Phi) is 5.09. The molecule has 0 spiro atoms. The molecule has 3 heterocycles. The number of nitrogens with one attached hydrogen (secondary N) is 1. The van der Waals surface area contributed by atoms with E-state index < -0.39 is 11.8 Å². The van der Waals surface area contributed by atoms with Crippen LogP contribution in [-0.4, -0.2) is 26.4 Å². The number of thiocarbonyl (C=S) groups is 1. The average molecular weight is 423 g/mol. The number of hydrogen-bond donors (Lipinski definition) is 1. The number of amides is 2. The van der Waals surface area contributed by atoms with Gasteiger partial charge in [0, 0.05) is 17.1 Å². The Morgan fingerprint density at radius 2 is 1.90 bits per heavy atom. The molecule has 1 saturated heterocycles. The zero-order chi connectivity index (χ0) is 21.4. The number of aromatic nitrogens is 1. The molecule has 0 atom stereocenters. The predicted octanol–water partition coefficient (Wildman–Crippen LogP) is 3.65. The van der Waals surface area contributed by atoms with Crippen LogP contribution in [0.4, 0.5) is 4.39 Å². The highest BCUT2D eigenvalue weighted by Gasteiger charge is 2.34. The van der Waals surface area contributed by atoms with Gasteiger partial charge >= 0.3 is 0 Å². The van der Waals surface area contributed by atoms with Crippen LogP contribution < -0.4 is 5.32 Å². The lowest BCUT2D eigenvalue weighted by molar-refractivity contribution is -0.129. The molecule has 0 radical (unpaired) electrons. The Morgan fingerprint density at radius 1 is 1.17 bits per heavy atom. The number of carbonyl (C=O) groups excluding carboxylic acids is 2. The highest BCUT2D eigenvalue weighted by Crippen LogP contribution is 2.25. The van der Waals surface area contributed by atoms with Crippen molar-refractivity contribution in [1.29, 1.82) is 0 Å². The first-order chi connectivity index (χ1) is 14.3. The second-order valence-electron chi connectivity index (χ2n) is 6.93. The standard InChI is InChI=1S/C22H18FN3O3S/c1-13-10-15(14(2)26(13)17-7-5-16(23)6-8-17)11-19-20(27)24-22(30)25(21(19)28)12-18-4-3-9-29-18/h3-11H,12H2,1-2H3,(H,24,27,30). The van der Waals surface area contributed by atoms with E-state index in [2.05, 4.69) is 5.32 Å². The van der Waals surface area contributed by atoms with Gasteiger partial charge in [-0.05, 0) is 80.2 Å². The number of nitrogens with zero attached hydrogens (tertiary/aromatic N) is 2. The van der Waals surface area contributed by atoms with Crippen molar-refractivity contribution in [2.75, 3.05) is 0 Å². The Morgan fingerprint density at radius 3 is 2.57 bits per heavy atom. The normalized spacial score (nSPS) is 15.8. The monoisotopic (exact) mass is 423 g/mol. The molecule has 1 N–H and O–H groups in total. The molecule has 4 rings (SSSR count). The van der Waals surface area contributed by atoms with Crippen LogP contribution in [0.15, 0.2) is 58.7 Å². The molecular weight excluding hydrogens is 405 g/mol. The first-order valence-electron chi connectivity index (χ1n) is 9.21. The lowest BCUT2D eigenvalue weighted by Crippen LogP contribution is -2.53. The predicted molar refractivity (Wildman–Crippen MR) is 113 cm³/mol. The molecule has 8 heteroatoms. The summed E-state index contributed by atoms with van der Waals surface area (Å²) in [5, 5.41) is 2.60. The van der Waals surface area contributed by atoms with Gasteiger partial charge in [-0.2, -0.15) is 0 Å². The van der Waals surface area contributed by atoms with Crippen molar-refractivity contribution in [2.45, 2.75) is 20.4 Å². The van der Waals surface area contributed by atoms with Crippen LogP contribution in [0.1, 0.15) is 22.7 Å². The molecule has 0 bridgehead atoms. The number of benzene rings is 1. The van der Waals surface area contributed by atoms with Gasteiger partial charge in [0.2, 0.25) is 0 Å². The number of halogens is 1. The molecule has 1 fully saturated rings. The van der Waals surface area contributed by atoms with Crippen LogP contribution in [0.3, 0.4) is 0 Å². The molecule has 1 aromatic carbocycles. The largest absolute Gasteiger partial charge is 0.467 e. The van der Waals surface area contributed by atoms with Gasteiger partial charge in [0.25, 0.3) is 11.8 Å². The van der Waals surface area contributed by atoms with Gasteiger partial charge < -0.3 is 8.98 Å². The lowest BCUT2D eigenvalue weighted by Gasteiger charge is -2.28. The zero-order valence-electron chi connectivity index (χ0n) is 16.3. The Labute approximate surface area is 177 Å². The van der Waals surface area contributed by atoms with Crippen LogP contribution in [0.5, 0.6) is 0 Å². The molecule has 0 saturated carbocycles. The van der Waals surface area contributed by atoms with Crippen molar-refractivity contribution in [3.05, 3.63) is 82.8 Å². The Balaban J connectivity index is 1.70. The Hall–Kier alpha value is -3.52. The molecule has 0 aliphatic carbocycles. The van der Waals surface area contributed by atoms with Crippen molar-refractivity contribution in [3.8, 4) is 5.69 Å². The fourth-order valence-corrected chi connectivity index (χ4v) is 3.71. The SMILES string of the molecule is Cc1cc(C=C2C(=O)NC(=S)N(Cc3ccco3)C2=O)c(C)n1-c1ccc(F)cc1. The fraction of sp³-hybridized carbons (Fsp3) is 0.136. The summed E-state index contributed by atoms with van der Waals surface area (Å²) in [7, 11) is 0. The second kappa shape index (κ2) is 7.72. The summed E-state index contributed by atoms with van der Waals surface area (Å²) >= 11 is 5.17. The van der Waals surface area contributed by atoms with Gasteiger partial charge in [0.15, 0.2) is 5.11 Å². The van der Waals surface area contributed by atoms with Crippen LogP contribution in [-0.2, 0) is 16.1 Å². The molecule has 1 aliphatic rings. The van der Waals surface area contributed by atoms with Crippen LogP contribution in [0, 0.1) is 19.7 Å². The van der Waals surface area contributed by atoms with E-state index in [9.17, 15) is 14.0 Å². The van der Waals surface area contributed by atoms with Gasteiger partial charge in [0.05, 0.1) is 12.8 Å². The van der Waals surface area contributed by atoms with E-state index in [1.54, 1.807) is 30.3 Å². The van der Waals surface area contributed by atoms with Crippen molar-refractivity contribution in [2.24, 2.45) is 0 Å². The summed E-state index contributed by atoms with van der Waals surface area (Å²) in [6, 6.07) is 11.4. The summed E-state index contributed by atoms with van der Waals surface area (Å²) < 4.78 is 20.5. The molecule has 2 aromatic heterocycles. The van der Waals surface area contributed by atoms with E-state index in [0.717, 1.165) is 17.1 Å². The molecule has 2 amide bonds. The quantitative estimate of drug-likeness (QED) is 0.395. The maximum absolute atomic E-state index is 13.3. The topological polar surface area (TPSA) is 67.5 Å². The first kappa shape index (κ1) is 19.8. The van der Waals surface area contributed by atoms with Crippen molar-refractivity contribution in [1.82, 2.24) is 14.8 Å². The summed E-state index contributed by atoms with van der Waals surface area (Å²) in [6.45, 7) is 3.90. The first-order valence-corrected chi connectivity index (χ1v) is 9.62. The van der Waals surface area contributed by atoms with E-state index in [1.165, 1.54) is 23.3 Å². The van der Waals surface area contributed by atoms with E-state index in [4.69, 9.17) is 16.6 Å². The van der Waals surface area contributed by atoms with Gasteiger partial charge in [-0.1, -0.05) is 0 Å². The van der Waals surface area contributed by atoms with Crippen molar-refractivity contribution in [3.63, 3.8) is 0 Å². The van der Waals surface area contributed by atoms with Crippen LogP contribution in [0.2, 0.25) is 0 Å². The third-order valence-corrected chi connectivity index (χ3v) is 5.26. The second-order valence-corrected chi connectivity index (χ2v) is 7.31. The minimum atomic E-state index is -0.549. The smallest absolute Gasteiger partial charge is 0.266 e. The third kappa shape index (κ3) is 3.57. The minimum absolute atomic E-state index is 0.0190. The summed E-state index contributed by atoms with van der Waals surface area (Å²) in [4.78, 5) is 26.8. The number of furan rings is 1. The molecule has 1 aliphatic heterocycles. The third-order valence-electron chi connectivity index (χ3n) is 4.93. The maximum Gasteiger partial charge on any atom is 0.266 e. The minimum Gasteiger partial charge on any atom is -0.467 e. The van der Waals surface area contributed by atoms with Gasteiger partial charge in [-0.3, -0.25) is 19.8 Å². The molecular formula is C22H18FN3O3S. The summed E-state index contributed by atoms with van der Waals surface area (Å²) in [5.41, 5.74) is 3.18. The van der Waals surface area contributed by atoms with Gasteiger partial charge in [-0.15, -0.1) is 0 Å². The van der Waals surface area contributed by atoms with Crippen LogP contribution >= 0.6 is 12.2 Å². The van der Waals surface area contributed by atoms with E-state index in [-0.39, 0.29) is 23.0 Å². The van der Waals surface area contributed by atoms with Gasteiger partial charge in [-0.25, -0.2) is 4.39 Å². The number of hydrogen-bond acceptors (Lipinski definition) is 4. The molecule has 152 valence electrons. The highest BCUT2D eigenvalue weighted by molar-refractivity contribution is 7.80. The summed E-state index contributed by atoms with van der Waals surface area (Å²) in [5.74, 6) is -0.810. The van der Waals surface area contributed by atoms with Crippen LogP contribution in [0.25, 0.3) is 11.8 Å².